The number of anilines is 2. The van der Waals surface area contributed by atoms with Gasteiger partial charge in [0.2, 0.25) is 0 Å². The standard InChI is InChI=1S/C24H27N3O2/c1-2-29-23-10-6-5-9-22(23)26-24(28)20(18-25)17-19-11-13-21(14-12-19)27-15-7-3-4-8-16-27/h5-6,9-14,17H,2-4,7-8,15-16H2,1H3,(H,26,28)/b20-17+. The Labute approximate surface area is 172 Å². The highest BCUT2D eigenvalue weighted by molar-refractivity contribution is 6.10. The molecule has 0 spiro atoms. The van der Waals surface area contributed by atoms with E-state index in [0.717, 1.165) is 18.7 Å². The molecule has 2 aromatic rings. The van der Waals surface area contributed by atoms with Gasteiger partial charge in [-0.25, -0.2) is 0 Å². The molecule has 0 atom stereocenters. The predicted octanol–water partition coefficient (Wildman–Crippen LogP) is 5.01. The smallest absolute Gasteiger partial charge is 0.266 e. The lowest BCUT2D eigenvalue weighted by atomic mass is 10.1. The number of hydrogen-bond acceptors (Lipinski definition) is 4. The van der Waals surface area contributed by atoms with Gasteiger partial charge >= 0.3 is 0 Å². The number of para-hydroxylation sites is 2. The quantitative estimate of drug-likeness (QED) is 0.557. The van der Waals surface area contributed by atoms with Gasteiger partial charge in [-0.1, -0.05) is 37.1 Å². The van der Waals surface area contributed by atoms with E-state index in [-0.39, 0.29) is 5.57 Å². The molecule has 0 aliphatic carbocycles. The van der Waals surface area contributed by atoms with Crippen molar-refractivity contribution in [2.45, 2.75) is 32.6 Å². The third-order valence-corrected chi connectivity index (χ3v) is 4.98. The van der Waals surface area contributed by atoms with Crippen molar-refractivity contribution in [3.05, 3.63) is 59.7 Å². The summed E-state index contributed by atoms with van der Waals surface area (Å²) in [7, 11) is 0. The molecule has 1 amide bonds. The number of benzene rings is 2. The maximum absolute atomic E-state index is 12.6. The number of carbonyl (C=O) groups is 1. The second kappa shape index (κ2) is 10.3. The Morgan fingerprint density at radius 2 is 1.79 bits per heavy atom. The van der Waals surface area contributed by atoms with Crippen LogP contribution >= 0.6 is 0 Å². The van der Waals surface area contributed by atoms with Crippen LogP contribution < -0.4 is 15.0 Å². The van der Waals surface area contributed by atoms with E-state index in [1.165, 1.54) is 31.4 Å². The van der Waals surface area contributed by atoms with Crippen molar-refractivity contribution in [3.63, 3.8) is 0 Å². The minimum absolute atomic E-state index is 0.0545. The van der Waals surface area contributed by atoms with Gasteiger partial charge in [-0.05, 0) is 55.7 Å². The van der Waals surface area contributed by atoms with Gasteiger partial charge in [0.05, 0.1) is 12.3 Å². The molecule has 1 heterocycles. The second-order valence-corrected chi connectivity index (χ2v) is 7.05. The SMILES string of the molecule is CCOc1ccccc1NC(=O)/C(C#N)=C/c1ccc(N2CCCCCC2)cc1. The van der Waals surface area contributed by atoms with Crippen LogP contribution in [0.4, 0.5) is 11.4 Å². The predicted molar refractivity (Wildman–Crippen MR) is 117 cm³/mol. The van der Waals surface area contributed by atoms with Crippen molar-refractivity contribution in [2.24, 2.45) is 0 Å². The van der Waals surface area contributed by atoms with Crippen molar-refractivity contribution in [1.82, 2.24) is 0 Å². The topological polar surface area (TPSA) is 65.4 Å². The molecule has 5 nitrogen and oxygen atoms in total. The normalized spacial score (nSPS) is 14.6. The lowest BCUT2D eigenvalue weighted by Crippen LogP contribution is -2.23. The number of nitrogens with one attached hydrogen (secondary N) is 1. The molecule has 150 valence electrons. The highest BCUT2D eigenvalue weighted by Gasteiger charge is 2.13. The summed E-state index contributed by atoms with van der Waals surface area (Å²) in [5, 5.41) is 12.3. The van der Waals surface area contributed by atoms with Crippen LogP contribution in [0, 0.1) is 11.3 Å². The van der Waals surface area contributed by atoms with E-state index in [0.29, 0.717) is 18.0 Å². The van der Waals surface area contributed by atoms with Gasteiger partial charge < -0.3 is 15.0 Å². The molecule has 1 saturated heterocycles. The zero-order valence-electron chi connectivity index (χ0n) is 16.9. The molecule has 1 N–H and O–H groups in total. The first-order chi connectivity index (χ1) is 14.2. The van der Waals surface area contributed by atoms with E-state index in [9.17, 15) is 10.1 Å². The molecule has 0 unspecified atom stereocenters. The number of amides is 1. The highest BCUT2D eigenvalue weighted by atomic mass is 16.5. The first kappa shape index (κ1) is 20.5. The number of ether oxygens (including phenoxy) is 1. The van der Waals surface area contributed by atoms with Gasteiger partial charge in [-0.15, -0.1) is 0 Å². The third kappa shape index (κ3) is 5.61. The fourth-order valence-corrected chi connectivity index (χ4v) is 3.47. The van der Waals surface area contributed by atoms with Gasteiger partial charge in [0, 0.05) is 18.8 Å². The van der Waals surface area contributed by atoms with Crippen LogP contribution in [-0.2, 0) is 4.79 Å². The molecular formula is C24H27N3O2. The molecule has 5 heteroatoms. The van der Waals surface area contributed by atoms with Crippen LogP contribution in [0.25, 0.3) is 6.08 Å². The molecule has 1 fully saturated rings. The molecule has 1 aliphatic rings. The molecule has 0 radical (unpaired) electrons. The van der Waals surface area contributed by atoms with Crippen LogP contribution in [0.3, 0.4) is 0 Å². The lowest BCUT2D eigenvalue weighted by molar-refractivity contribution is -0.112. The van der Waals surface area contributed by atoms with E-state index in [1.54, 1.807) is 18.2 Å². The average Bonchev–Trinajstić information content (AvgIpc) is 3.03. The Balaban J connectivity index is 1.72. The maximum atomic E-state index is 12.6. The van der Waals surface area contributed by atoms with Crippen molar-refractivity contribution in [2.75, 3.05) is 29.9 Å². The number of hydrogen-bond donors (Lipinski definition) is 1. The number of carbonyl (C=O) groups excluding carboxylic acids is 1. The van der Waals surface area contributed by atoms with E-state index >= 15 is 0 Å². The third-order valence-electron chi connectivity index (χ3n) is 4.98. The molecule has 0 bridgehead atoms. The van der Waals surface area contributed by atoms with Gasteiger partial charge in [0.1, 0.15) is 17.4 Å². The monoisotopic (exact) mass is 389 g/mol. The van der Waals surface area contributed by atoms with Crippen LogP contribution in [-0.4, -0.2) is 25.6 Å². The first-order valence-corrected chi connectivity index (χ1v) is 10.2. The second-order valence-electron chi connectivity index (χ2n) is 7.05. The fourth-order valence-electron chi connectivity index (χ4n) is 3.47. The van der Waals surface area contributed by atoms with Crippen LogP contribution in [0.2, 0.25) is 0 Å². The van der Waals surface area contributed by atoms with Gasteiger partial charge in [-0.3, -0.25) is 4.79 Å². The summed E-state index contributed by atoms with van der Waals surface area (Å²) < 4.78 is 5.53. The number of nitriles is 1. The Hall–Kier alpha value is -3.26. The summed E-state index contributed by atoms with van der Waals surface area (Å²) >= 11 is 0. The first-order valence-electron chi connectivity index (χ1n) is 10.2. The van der Waals surface area contributed by atoms with E-state index in [4.69, 9.17) is 4.74 Å². The van der Waals surface area contributed by atoms with Crippen molar-refractivity contribution in [3.8, 4) is 11.8 Å². The minimum Gasteiger partial charge on any atom is -0.492 e. The molecule has 0 saturated carbocycles. The minimum atomic E-state index is -0.448. The summed E-state index contributed by atoms with van der Waals surface area (Å²) in [4.78, 5) is 15.0. The lowest BCUT2D eigenvalue weighted by Gasteiger charge is -2.22. The van der Waals surface area contributed by atoms with Gasteiger partial charge in [-0.2, -0.15) is 5.26 Å². The van der Waals surface area contributed by atoms with Crippen molar-refractivity contribution in [1.29, 1.82) is 5.26 Å². The summed E-state index contributed by atoms with van der Waals surface area (Å²) in [6.07, 6.45) is 6.66. The van der Waals surface area contributed by atoms with Crippen LogP contribution in [0.1, 0.15) is 38.2 Å². The Morgan fingerprint density at radius 1 is 1.10 bits per heavy atom. The summed E-state index contributed by atoms with van der Waals surface area (Å²) in [6, 6.07) is 17.3. The van der Waals surface area contributed by atoms with Gasteiger partial charge in [0.25, 0.3) is 5.91 Å². The molecule has 3 rings (SSSR count). The van der Waals surface area contributed by atoms with Gasteiger partial charge in [0.15, 0.2) is 0 Å². The summed E-state index contributed by atoms with van der Waals surface area (Å²) in [5.41, 5.74) is 2.63. The Kier molecular flexibility index (Phi) is 7.29. The summed E-state index contributed by atoms with van der Waals surface area (Å²) in [5.74, 6) is 0.138. The molecular weight excluding hydrogens is 362 g/mol. The average molecular weight is 389 g/mol. The highest BCUT2D eigenvalue weighted by Crippen LogP contribution is 2.25. The van der Waals surface area contributed by atoms with E-state index < -0.39 is 5.91 Å². The number of nitrogens with zero attached hydrogens (tertiary/aromatic N) is 2. The molecule has 2 aromatic carbocycles. The fraction of sp³-hybridized carbons (Fsp3) is 0.333. The summed E-state index contributed by atoms with van der Waals surface area (Å²) in [6.45, 7) is 4.55. The van der Waals surface area contributed by atoms with E-state index in [2.05, 4.69) is 22.3 Å². The zero-order chi connectivity index (χ0) is 20.5. The number of rotatable bonds is 6. The van der Waals surface area contributed by atoms with Crippen molar-refractivity contribution < 1.29 is 9.53 Å². The largest absolute Gasteiger partial charge is 0.492 e. The van der Waals surface area contributed by atoms with E-state index in [1.807, 2.05) is 37.3 Å². The maximum Gasteiger partial charge on any atom is 0.266 e. The zero-order valence-corrected chi connectivity index (χ0v) is 16.9. The van der Waals surface area contributed by atoms with Crippen LogP contribution in [0.5, 0.6) is 5.75 Å². The molecule has 1 aliphatic heterocycles. The molecule has 0 aromatic heterocycles. The molecule has 29 heavy (non-hydrogen) atoms. The van der Waals surface area contributed by atoms with Crippen molar-refractivity contribution >= 4 is 23.4 Å². The van der Waals surface area contributed by atoms with Crippen LogP contribution in [0.15, 0.2) is 54.1 Å². The Morgan fingerprint density at radius 3 is 2.45 bits per heavy atom. The Bertz CT molecular complexity index is 889.